The first-order chi connectivity index (χ1) is 10.2. The Morgan fingerprint density at radius 3 is 2.43 bits per heavy atom. The van der Waals surface area contributed by atoms with Crippen LogP contribution in [0.5, 0.6) is 0 Å². The summed E-state index contributed by atoms with van der Waals surface area (Å²) in [5, 5.41) is 3.68. The predicted molar refractivity (Wildman–Crippen MR) is 92.6 cm³/mol. The lowest BCUT2D eigenvalue weighted by molar-refractivity contribution is 0.289. The molecule has 0 atom stereocenters. The maximum atomic E-state index is 3.68. The molecule has 1 saturated carbocycles. The Balaban J connectivity index is 1.46. The molecule has 0 aliphatic heterocycles. The van der Waals surface area contributed by atoms with Crippen LogP contribution in [0.15, 0.2) is 53.0 Å². The zero-order valence-electron chi connectivity index (χ0n) is 12.5. The van der Waals surface area contributed by atoms with Gasteiger partial charge in [0.25, 0.3) is 0 Å². The van der Waals surface area contributed by atoms with Crippen LogP contribution < -0.4 is 5.32 Å². The number of hydrogen-bond donors (Lipinski definition) is 1. The summed E-state index contributed by atoms with van der Waals surface area (Å²) < 4.78 is 1.19. The van der Waals surface area contributed by atoms with Crippen molar-refractivity contribution in [3.05, 3.63) is 69.7 Å². The monoisotopic (exact) mass is 343 g/mol. The molecule has 1 N–H and O–H groups in total. The number of hydrogen-bond acceptors (Lipinski definition) is 1. The van der Waals surface area contributed by atoms with Crippen LogP contribution in [0.25, 0.3) is 0 Å². The number of halogens is 1. The molecule has 2 aromatic rings. The van der Waals surface area contributed by atoms with Crippen LogP contribution in [0.1, 0.15) is 42.4 Å². The van der Waals surface area contributed by atoms with E-state index in [2.05, 4.69) is 76.7 Å². The van der Waals surface area contributed by atoms with E-state index in [0.717, 1.165) is 18.9 Å². The first-order valence-electron chi connectivity index (χ1n) is 7.81. The van der Waals surface area contributed by atoms with Crippen molar-refractivity contribution in [1.82, 2.24) is 5.32 Å². The highest BCUT2D eigenvalue weighted by atomic mass is 79.9. The maximum absolute atomic E-state index is 3.68. The Morgan fingerprint density at radius 2 is 1.76 bits per heavy atom. The minimum absolute atomic E-state index is 0.667. The van der Waals surface area contributed by atoms with Gasteiger partial charge in [0.05, 0.1) is 0 Å². The number of aryl methyl sites for hydroxylation is 1. The second-order valence-electron chi connectivity index (χ2n) is 5.97. The van der Waals surface area contributed by atoms with Gasteiger partial charge in [-0.25, -0.2) is 0 Å². The number of nitrogens with one attached hydrogen (secondary N) is 1. The summed E-state index contributed by atoms with van der Waals surface area (Å²) in [5.41, 5.74) is 4.27. The lowest BCUT2D eigenvalue weighted by Gasteiger charge is -2.36. The Bertz CT molecular complexity index is 585. The third kappa shape index (κ3) is 3.75. The van der Waals surface area contributed by atoms with Gasteiger partial charge in [-0.3, -0.25) is 0 Å². The summed E-state index contributed by atoms with van der Waals surface area (Å²) in [4.78, 5) is 0. The predicted octanol–water partition coefficient (Wildman–Crippen LogP) is 5.05. The van der Waals surface area contributed by atoms with Gasteiger partial charge in [0.1, 0.15) is 0 Å². The lowest BCUT2D eigenvalue weighted by atomic mass is 9.76. The summed E-state index contributed by atoms with van der Waals surface area (Å²) in [6.45, 7) is 3.18. The molecule has 110 valence electrons. The second-order valence-corrected chi connectivity index (χ2v) is 6.89. The van der Waals surface area contributed by atoms with Crippen LogP contribution in [-0.2, 0) is 13.0 Å². The SMILES string of the molecule is CCc1ccc(CNC2CC(c3cccc(Br)c3)C2)cc1. The molecule has 0 spiro atoms. The fraction of sp³-hybridized carbons (Fsp3) is 0.368. The van der Waals surface area contributed by atoms with Crippen LogP contribution in [0.2, 0.25) is 0 Å². The quantitative estimate of drug-likeness (QED) is 0.801. The molecule has 0 heterocycles. The van der Waals surface area contributed by atoms with Gasteiger partial charge < -0.3 is 5.32 Å². The fourth-order valence-electron chi connectivity index (χ4n) is 2.97. The van der Waals surface area contributed by atoms with Crippen LogP contribution in [-0.4, -0.2) is 6.04 Å². The van der Waals surface area contributed by atoms with Crippen molar-refractivity contribution < 1.29 is 0 Å². The molecule has 0 aromatic heterocycles. The van der Waals surface area contributed by atoms with E-state index in [4.69, 9.17) is 0 Å². The van der Waals surface area contributed by atoms with Gasteiger partial charge in [0.15, 0.2) is 0 Å². The minimum Gasteiger partial charge on any atom is -0.310 e. The first-order valence-corrected chi connectivity index (χ1v) is 8.60. The van der Waals surface area contributed by atoms with Crippen molar-refractivity contribution in [2.45, 2.75) is 44.7 Å². The Labute approximate surface area is 135 Å². The molecule has 0 amide bonds. The van der Waals surface area contributed by atoms with E-state index in [0.29, 0.717) is 6.04 Å². The summed E-state index contributed by atoms with van der Waals surface area (Å²) in [5.74, 6) is 0.725. The zero-order valence-corrected chi connectivity index (χ0v) is 14.1. The molecule has 2 aromatic carbocycles. The standard InChI is InChI=1S/C19H22BrN/c1-2-14-6-8-15(9-7-14)13-21-19-11-17(12-19)16-4-3-5-18(20)10-16/h3-10,17,19,21H,2,11-13H2,1H3. The van der Waals surface area contributed by atoms with Gasteiger partial charge in [-0.2, -0.15) is 0 Å². The topological polar surface area (TPSA) is 12.0 Å². The molecule has 2 heteroatoms. The zero-order chi connectivity index (χ0) is 14.7. The highest BCUT2D eigenvalue weighted by Gasteiger charge is 2.29. The van der Waals surface area contributed by atoms with E-state index < -0.39 is 0 Å². The van der Waals surface area contributed by atoms with E-state index in [1.807, 2.05) is 0 Å². The van der Waals surface area contributed by atoms with E-state index in [1.54, 1.807) is 0 Å². The first kappa shape index (κ1) is 14.8. The molecular weight excluding hydrogens is 322 g/mol. The van der Waals surface area contributed by atoms with Gasteiger partial charge in [0, 0.05) is 17.1 Å². The van der Waals surface area contributed by atoms with Crippen LogP contribution in [0.3, 0.4) is 0 Å². The van der Waals surface area contributed by atoms with E-state index in [9.17, 15) is 0 Å². The normalized spacial score (nSPS) is 21.0. The highest BCUT2D eigenvalue weighted by molar-refractivity contribution is 9.10. The number of rotatable bonds is 5. The summed E-state index contributed by atoms with van der Waals surface area (Å²) in [7, 11) is 0. The molecule has 3 rings (SSSR count). The highest BCUT2D eigenvalue weighted by Crippen LogP contribution is 2.37. The molecule has 0 unspecified atom stereocenters. The Hall–Kier alpha value is -1.12. The average molecular weight is 344 g/mol. The lowest BCUT2D eigenvalue weighted by Crippen LogP contribution is -2.39. The second kappa shape index (κ2) is 6.76. The molecular formula is C19H22BrN. The van der Waals surface area contributed by atoms with Gasteiger partial charge in [-0.05, 0) is 54.0 Å². The third-order valence-electron chi connectivity index (χ3n) is 4.48. The molecule has 1 fully saturated rings. The van der Waals surface area contributed by atoms with Gasteiger partial charge in [0.2, 0.25) is 0 Å². The largest absolute Gasteiger partial charge is 0.310 e. The van der Waals surface area contributed by atoms with Crippen LogP contribution in [0, 0.1) is 0 Å². The molecule has 0 saturated heterocycles. The van der Waals surface area contributed by atoms with E-state index >= 15 is 0 Å². The van der Waals surface area contributed by atoms with Crippen molar-refractivity contribution in [1.29, 1.82) is 0 Å². The molecule has 0 radical (unpaired) electrons. The summed E-state index contributed by atoms with van der Waals surface area (Å²) >= 11 is 3.56. The van der Waals surface area contributed by atoms with E-state index in [1.165, 1.54) is 34.0 Å². The fourth-order valence-corrected chi connectivity index (χ4v) is 3.39. The Morgan fingerprint density at radius 1 is 1.05 bits per heavy atom. The molecule has 0 bridgehead atoms. The third-order valence-corrected chi connectivity index (χ3v) is 4.98. The van der Waals surface area contributed by atoms with Crippen molar-refractivity contribution >= 4 is 15.9 Å². The number of benzene rings is 2. The van der Waals surface area contributed by atoms with Crippen LogP contribution in [0.4, 0.5) is 0 Å². The Kier molecular flexibility index (Phi) is 4.77. The van der Waals surface area contributed by atoms with Gasteiger partial charge >= 0.3 is 0 Å². The smallest absolute Gasteiger partial charge is 0.0208 e. The molecule has 21 heavy (non-hydrogen) atoms. The molecule has 1 aliphatic carbocycles. The van der Waals surface area contributed by atoms with Crippen molar-refractivity contribution in [3.8, 4) is 0 Å². The van der Waals surface area contributed by atoms with Crippen LogP contribution >= 0.6 is 15.9 Å². The average Bonchev–Trinajstić information content (AvgIpc) is 2.46. The maximum Gasteiger partial charge on any atom is 0.0208 e. The summed E-state index contributed by atoms with van der Waals surface area (Å²) in [6.07, 6.45) is 3.62. The minimum atomic E-state index is 0.667. The van der Waals surface area contributed by atoms with Crippen molar-refractivity contribution in [2.75, 3.05) is 0 Å². The van der Waals surface area contributed by atoms with Crippen molar-refractivity contribution in [3.63, 3.8) is 0 Å². The van der Waals surface area contributed by atoms with E-state index in [-0.39, 0.29) is 0 Å². The molecule has 1 aliphatic rings. The van der Waals surface area contributed by atoms with Gasteiger partial charge in [-0.1, -0.05) is 59.3 Å². The van der Waals surface area contributed by atoms with Gasteiger partial charge in [-0.15, -0.1) is 0 Å². The van der Waals surface area contributed by atoms with Crippen molar-refractivity contribution in [2.24, 2.45) is 0 Å². The molecule has 1 nitrogen and oxygen atoms in total. The summed E-state index contributed by atoms with van der Waals surface area (Å²) in [6, 6.07) is 18.4.